The van der Waals surface area contributed by atoms with Crippen molar-refractivity contribution in [2.24, 2.45) is 0 Å². The monoisotopic (exact) mass is 579 g/mol. The van der Waals surface area contributed by atoms with E-state index in [1.165, 1.54) is 18.2 Å². The second-order valence-corrected chi connectivity index (χ2v) is 9.68. The van der Waals surface area contributed by atoms with Gasteiger partial charge < -0.3 is 30.5 Å². The van der Waals surface area contributed by atoms with Gasteiger partial charge in [0.15, 0.2) is 11.6 Å². The van der Waals surface area contributed by atoms with Crippen molar-refractivity contribution in [2.45, 2.75) is 12.0 Å². The number of hydrogen-bond acceptors (Lipinski definition) is 6. The first-order valence-corrected chi connectivity index (χ1v) is 12.8. The number of carbonyl (C=O) groups is 1. The molecule has 0 aromatic heterocycles. The van der Waals surface area contributed by atoms with Gasteiger partial charge in [-0.05, 0) is 29.3 Å². The molecule has 0 spiro atoms. The van der Waals surface area contributed by atoms with Gasteiger partial charge in [-0.15, -0.1) is 12.4 Å². The molecule has 1 amide bonds. The van der Waals surface area contributed by atoms with Gasteiger partial charge in [-0.25, -0.2) is 8.78 Å². The molecule has 1 atom stereocenters. The summed E-state index contributed by atoms with van der Waals surface area (Å²) in [5, 5.41) is 24.1. The van der Waals surface area contributed by atoms with E-state index in [1.807, 2.05) is 30.3 Å². The van der Waals surface area contributed by atoms with Crippen molar-refractivity contribution < 1.29 is 28.5 Å². The highest BCUT2D eigenvalue weighted by Gasteiger charge is 2.48. The van der Waals surface area contributed by atoms with Crippen LogP contribution in [0.1, 0.15) is 21.5 Å². The van der Waals surface area contributed by atoms with Crippen LogP contribution >= 0.6 is 24.0 Å². The number of carbonyl (C=O) groups excluding carboxylic acids is 1. The summed E-state index contributed by atoms with van der Waals surface area (Å²) in [6, 6.07) is 13.9. The fourth-order valence-corrected chi connectivity index (χ4v) is 5.82. The second kappa shape index (κ2) is 12.1. The Morgan fingerprint density at radius 1 is 1.13 bits per heavy atom. The quantitative estimate of drug-likeness (QED) is 0.325. The van der Waals surface area contributed by atoms with Gasteiger partial charge in [0.1, 0.15) is 12.4 Å². The van der Waals surface area contributed by atoms with Crippen molar-refractivity contribution in [3.05, 3.63) is 81.9 Å². The molecule has 2 heterocycles. The summed E-state index contributed by atoms with van der Waals surface area (Å²) < 4.78 is 37.0. The van der Waals surface area contributed by atoms with E-state index in [2.05, 4.69) is 15.5 Å². The number of nitrogens with zero attached hydrogens (tertiary/aromatic N) is 1. The van der Waals surface area contributed by atoms with E-state index in [4.69, 9.17) is 16.3 Å². The molecule has 2 aliphatic rings. The molecule has 0 radical (unpaired) electrons. The molecule has 208 valence electrons. The van der Waals surface area contributed by atoms with E-state index in [9.17, 15) is 15.0 Å². The van der Waals surface area contributed by atoms with Crippen molar-refractivity contribution in [3.63, 3.8) is 0 Å². The average molecular weight is 580 g/mol. The van der Waals surface area contributed by atoms with E-state index >= 15 is 8.78 Å². The van der Waals surface area contributed by atoms with Crippen molar-refractivity contribution in [1.82, 2.24) is 10.6 Å². The molecule has 0 saturated carbocycles. The number of ether oxygens (including phenoxy) is 1. The summed E-state index contributed by atoms with van der Waals surface area (Å²) in [5.74, 6) is -2.46. The first kappa shape index (κ1) is 29.0. The molecule has 39 heavy (non-hydrogen) atoms. The van der Waals surface area contributed by atoms with Crippen molar-refractivity contribution in [2.75, 3.05) is 50.9 Å². The predicted octanol–water partition coefficient (Wildman–Crippen LogP) is 3.66. The third-order valence-electron chi connectivity index (χ3n) is 7.17. The van der Waals surface area contributed by atoms with Crippen LogP contribution in [0.3, 0.4) is 0 Å². The van der Waals surface area contributed by atoms with Gasteiger partial charge in [-0.3, -0.25) is 4.79 Å². The van der Waals surface area contributed by atoms with E-state index in [0.29, 0.717) is 37.3 Å². The Kier molecular flexibility index (Phi) is 8.98. The van der Waals surface area contributed by atoms with Crippen LogP contribution in [0, 0.1) is 11.6 Å². The zero-order valence-electron chi connectivity index (χ0n) is 21.0. The number of aliphatic hydroxyl groups is 2. The highest BCUT2D eigenvalue weighted by atomic mass is 35.5. The Hall–Kier alpha value is -2.95. The summed E-state index contributed by atoms with van der Waals surface area (Å²) in [6.45, 7) is 0.988. The summed E-state index contributed by atoms with van der Waals surface area (Å²) in [5.41, 5.74) is 1.51. The Labute approximate surface area is 236 Å². The van der Waals surface area contributed by atoms with Crippen LogP contribution in [0.2, 0.25) is 5.02 Å². The maximum Gasteiger partial charge on any atom is 0.252 e. The smallest absolute Gasteiger partial charge is 0.252 e. The number of nitrogens with one attached hydrogen (secondary N) is 2. The Morgan fingerprint density at radius 2 is 1.90 bits per heavy atom. The predicted molar refractivity (Wildman–Crippen MR) is 148 cm³/mol. The standard InChI is InChI=1S/C28H28ClF2N3O4.ClH/c29-25-20(30)14-21-19(15-28(16-32-8-10-34(21)28)17-4-2-1-3-5-17)23(25)24-18(27(37)33-9-11-35)6-7-22(26(24)31)38-13-12-36;/h1-7,14,32,35-36H,8-13,15-16H2,(H,33,37);1H. The number of benzene rings is 3. The largest absolute Gasteiger partial charge is 0.488 e. The van der Waals surface area contributed by atoms with Gasteiger partial charge in [0.2, 0.25) is 0 Å². The Bertz CT molecular complexity index is 1360. The molecule has 7 nitrogen and oxygen atoms in total. The Morgan fingerprint density at radius 3 is 2.62 bits per heavy atom. The first-order chi connectivity index (χ1) is 18.4. The number of halogens is 4. The molecular formula is C28H29Cl2F2N3O4. The van der Waals surface area contributed by atoms with Crippen LogP contribution < -0.4 is 20.3 Å². The lowest BCUT2D eigenvalue weighted by atomic mass is 9.83. The second-order valence-electron chi connectivity index (χ2n) is 9.30. The van der Waals surface area contributed by atoms with Crippen molar-refractivity contribution >= 4 is 35.6 Å². The fourth-order valence-electron chi connectivity index (χ4n) is 5.56. The third kappa shape index (κ3) is 5.05. The van der Waals surface area contributed by atoms with Gasteiger partial charge in [0.25, 0.3) is 5.91 Å². The highest BCUT2D eigenvalue weighted by molar-refractivity contribution is 6.34. The number of hydrogen-bond donors (Lipinski definition) is 4. The number of piperazine rings is 1. The van der Waals surface area contributed by atoms with Crippen LogP contribution in [0.15, 0.2) is 48.5 Å². The molecule has 11 heteroatoms. The molecule has 1 fully saturated rings. The number of amides is 1. The fraction of sp³-hybridized carbons (Fsp3) is 0.321. The van der Waals surface area contributed by atoms with Gasteiger partial charge >= 0.3 is 0 Å². The number of rotatable bonds is 8. The molecule has 5 rings (SSSR count). The molecule has 0 bridgehead atoms. The third-order valence-corrected chi connectivity index (χ3v) is 7.54. The van der Waals surface area contributed by atoms with E-state index in [-0.39, 0.29) is 66.2 Å². The van der Waals surface area contributed by atoms with Gasteiger partial charge in [0.05, 0.1) is 29.3 Å². The van der Waals surface area contributed by atoms with Crippen LogP contribution in [0.4, 0.5) is 14.5 Å². The lowest BCUT2D eigenvalue weighted by Crippen LogP contribution is -2.57. The number of aliphatic hydroxyl groups excluding tert-OH is 2. The molecule has 0 aliphatic carbocycles. The van der Waals surface area contributed by atoms with E-state index < -0.39 is 23.1 Å². The first-order valence-electron chi connectivity index (χ1n) is 12.4. The van der Waals surface area contributed by atoms with E-state index in [0.717, 1.165) is 5.56 Å². The molecule has 1 unspecified atom stereocenters. The summed E-state index contributed by atoms with van der Waals surface area (Å²) in [7, 11) is 0. The molecular weight excluding hydrogens is 551 g/mol. The van der Waals surface area contributed by atoms with Crippen LogP contribution in [0.5, 0.6) is 5.75 Å². The zero-order chi connectivity index (χ0) is 26.9. The molecule has 3 aromatic carbocycles. The van der Waals surface area contributed by atoms with Crippen LogP contribution in [-0.4, -0.2) is 62.1 Å². The van der Waals surface area contributed by atoms with Crippen LogP contribution in [-0.2, 0) is 12.0 Å². The normalized spacial score (nSPS) is 17.7. The van der Waals surface area contributed by atoms with Gasteiger partial charge in [-0.2, -0.15) is 0 Å². The number of fused-ring (bicyclic) bond motifs is 3. The van der Waals surface area contributed by atoms with Crippen molar-refractivity contribution in [1.29, 1.82) is 0 Å². The number of anilines is 1. The van der Waals surface area contributed by atoms with Gasteiger partial charge in [-0.1, -0.05) is 41.9 Å². The maximum atomic E-state index is 16.2. The minimum Gasteiger partial charge on any atom is -0.488 e. The minimum absolute atomic E-state index is 0. The zero-order valence-corrected chi connectivity index (χ0v) is 22.5. The van der Waals surface area contributed by atoms with Gasteiger partial charge in [0, 0.05) is 49.4 Å². The molecule has 2 aliphatic heterocycles. The molecule has 4 N–H and O–H groups in total. The lowest BCUT2D eigenvalue weighted by molar-refractivity contribution is 0.0945. The van der Waals surface area contributed by atoms with Crippen molar-refractivity contribution in [3.8, 4) is 16.9 Å². The molecule has 1 saturated heterocycles. The summed E-state index contributed by atoms with van der Waals surface area (Å²) >= 11 is 6.58. The van der Waals surface area contributed by atoms with Crippen LogP contribution in [0.25, 0.3) is 11.1 Å². The molecule has 3 aromatic rings. The highest BCUT2D eigenvalue weighted by Crippen LogP contribution is 2.52. The average Bonchev–Trinajstić information content (AvgIpc) is 3.27. The summed E-state index contributed by atoms with van der Waals surface area (Å²) in [4.78, 5) is 15.2. The minimum atomic E-state index is -0.887. The maximum absolute atomic E-state index is 16.2. The summed E-state index contributed by atoms with van der Waals surface area (Å²) in [6.07, 6.45) is 0.396. The topological polar surface area (TPSA) is 94.1 Å². The lowest BCUT2D eigenvalue weighted by Gasteiger charge is -2.45. The van der Waals surface area contributed by atoms with E-state index in [1.54, 1.807) is 0 Å². The SMILES string of the molecule is Cl.O=C(NCCO)c1ccc(OCCO)c(F)c1-c1c(Cl)c(F)cc2c1CC1(c3ccccc3)CNCCN21. The Balaban J connectivity index is 0.00000353.